The Labute approximate surface area is 306 Å². The van der Waals surface area contributed by atoms with E-state index in [0.717, 1.165) is 30.8 Å². The van der Waals surface area contributed by atoms with Crippen molar-refractivity contribution in [2.45, 2.75) is 72.1 Å². The first-order valence-electron chi connectivity index (χ1n) is 19.3. The van der Waals surface area contributed by atoms with Gasteiger partial charge in [0, 0.05) is 55.4 Å². The lowest BCUT2D eigenvalue weighted by Gasteiger charge is -2.22. The summed E-state index contributed by atoms with van der Waals surface area (Å²) in [5, 5.41) is 5.14. The number of benzene rings is 5. The standard InChI is InChI=1S/C45H34N2O.2C2H6/c1-45(2)36-22-21-32-31-16-8-11-19-42(31)48-44(32)43(36)35-25-34-30-15-7-10-18-39(30)47(41(34)26-37(35)45)28-20-23-40-33(24-28)29-14-6-9-17-38(29)46(40)27-12-4-3-5-13-27;2*1-2/h3-4,6-12,14-15,17-26,31H,5,13,16H2,1-2H3;2*1-2H3. The van der Waals surface area contributed by atoms with Crippen LogP contribution < -0.4 is 4.74 Å². The summed E-state index contributed by atoms with van der Waals surface area (Å²) in [6.07, 6.45) is 16.4. The Balaban J connectivity index is 0.000000872. The quantitative estimate of drug-likeness (QED) is 0.178. The van der Waals surface area contributed by atoms with Gasteiger partial charge in [-0.3, -0.25) is 0 Å². The Morgan fingerprint density at radius 2 is 1.33 bits per heavy atom. The molecule has 0 spiro atoms. The molecule has 0 N–H and O–H groups in total. The van der Waals surface area contributed by atoms with E-state index in [0.29, 0.717) is 5.92 Å². The summed E-state index contributed by atoms with van der Waals surface area (Å²) < 4.78 is 11.7. The number of hydrogen-bond donors (Lipinski definition) is 0. The van der Waals surface area contributed by atoms with Crippen molar-refractivity contribution in [2.24, 2.45) is 0 Å². The molecule has 7 aromatic rings. The molecule has 3 heterocycles. The molecule has 1 unspecified atom stereocenters. The molecule has 52 heavy (non-hydrogen) atoms. The number of hydrogen-bond acceptors (Lipinski definition) is 1. The third-order valence-corrected chi connectivity index (χ3v) is 11.5. The maximum Gasteiger partial charge on any atom is 0.139 e. The van der Waals surface area contributed by atoms with Crippen LogP contribution in [0.5, 0.6) is 5.75 Å². The van der Waals surface area contributed by atoms with Crippen LogP contribution in [-0.4, -0.2) is 9.13 Å². The largest absolute Gasteiger partial charge is 0.460 e. The number of ether oxygens (including phenoxy) is 1. The molecular weight excluding hydrogens is 633 g/mol. The van der Waals surface area contributed by atoms with Gasteiger partial charge < -0.3 is 13.9 Å². The lowest BCUT2D eigenvalue weighted by molar-refractivity contribution is 0.426. The third kappa shape index (κ3) is 4.44. The van der Waals surface area contributed by atoms with Crippen LogP contribution in [0.25, 0.3) is 66.1 Å². The zero-order valence-electron chi connectivity index (χ0n) is 31.1. The van der Waals surface area contributed by atoms with Crippen molar-refractivity contribution in [3.63, 3.8) is 0 Å². The maximum atomic E-state index is 6.69. The Hall–Kier alpha value is -5.54. The van der Waals surface area contributed by atoms with Crippen molar-refractivity contribution in [3.8, 4) is 22.6 Å². The highest BCUT2D eigenvalue weighted by Crippen LogP contribution is 2.59. The van der Waals surface area contributed by atoms with Crippen LogP contribution in [0.4, 0.5) is 0 Å². The average Bonchev–Trinajstić information content (AvgIpc) is 3.91. The van der Waals surface area contributed by atoms with E-state index in [9.17, 15) is 0 Å². The van der Waals surface area contributed by atoms with Gasteiger partial charge in [-0.1, -0.05) is 114 Å². The summed E-state index contributed by atoms with van der Waals surface area (Å²) >= 11 is 0. The number of fused-ring (bicyclic) bond motifs is 13. The van der Waals surface area contributed by atoms with E-state index in [1.807, 2.05) is 27.7 Å². The van der Waals surface area contributed by atoms with E-state index in [4.69, 9.17) is 4.74 Å². The molecule has 258 valence electrons. The number of allylic oxidation sites excluding steroid dienone is 8. The van der Waals surface area contributed by atoms with Gasteiger partial charge in [0.1, 0.15) is 11.5 Å². The van der Waals surface area contributed by atoms with Crippen LogP contribution >= 0.6 is 0 Å². The SMILES string of the molecule is CC.CC.CC1(C)c2cc3c(cc2-c2c1ccc1c2OC2=CC=CCC21)c1ccccc1n3-c1ccc2c(c1)c1ccccc1n2C1=CC=CCC1. The minimum absolute atomic E-state index is 0.154. The molecule has 0 radical (unpaired) electrons. The van der Waals surface area contributed by atoms with Gasteiger partial charge in [-0.2, -0.15) is 0 Å². The van der Waals surface area contributed by atoms with E-state index in [1.165, 1.54) is 82.8 Å². The highest BCUT2D eigenvalue weighted by molar-refractivity contribution is 6.14. The minimum Gasteiger partial charge on any atom is -0.460 e. The number of rotatable bonds is 2. The van der Waals surface area contributed by atoms with Crippen LogP contribution in [0, 0.1) is 0 Å². The maximum absolute atomic E-state index is 6.69. The van der Waals surface area contributed by atoms with E-state index in [-0.39, 0.29) is 5.41 Å². The molecule has 5 aromatic carbocycles. The topological polar surface area (TPSA) is 19.1 Å². The van der Waals surface area contributed by atoms with Crippen LogP contribution in [0.15, 0.2) is 133 Å². The second kappa shape index (κ2) is 12.3. The van der Waals surface area contributed by atoms with Gasteiger partial charge in [0.15, 0.2) is 0 Å². The minimum atomic E-state index is -0.154. The van der Waals surface area contributed by atoms with Gasteiger partial charge in [-0.15, -0.1) is 0 Å². The molecule has 11 rings (SSSR count). The molecule has 1 aliphatic heterocycles. The Morgan fingerprint density at radius 3 is 2.08 bits per heavy atom. The first kappa shape index (κ1) is 32.4. The predicted molar refractivity (Wildman–Crippen MR) is 222 cm³/mol. The zero-order valence-corrected chi connectivity index (χ0v) is 31.1. The zero-order chi connectivity index (χ0) is 35.7. The Bertz CT molecular complexity index is 2700. The van der Waals surface area contributed by atoms with Crippen molar-refractivity contribution < 1.29 is 4.74 Å². The van der Waals surface area contributed by atoms with E-state index >= 15 is 0 Å². The van der Waals surface area contributed by atoms with Crippen molar-refractivity contribution in [1.82, 2.24) is 9.13 Å². The predicted octanol–water partition coefficient (Wildman–Crippen LogP) is 13.8. The summed E-state index contributed by atoms with van der Waals surface area (Å²) in [6, 6.07) is 34.5. The highest BCUT2D eigenvalue weighted by Gasteiger charge is 2.42. The van der Waals surface area contributed by atoms with E-state index < -0.39 is 0 Å². The molecule has 0 saturated heterocycles. The first-order chi connectivity index (χ1) is 25.6. The molecule has 0 saturated carbocycles. The summed E-state index contributed by atoms with van der Waals surface area (Å²) in [5.41, 5.74) is 14.0. The van der Waals surface area contributed by atoms with Gasteiger partial charge in [0.05, 0.1) is 22.1 Å². The number of para-hydroxylation sites is 2. The highest BCUT2D eigenvalue weighted by atomic mass is 16.5. The van der Waals surface area contributed by atoms with Crippen molar-refractivity contribution >= 4 is 49.3 Å². The van der Waals surface area contributed by atoms with Gasteiger partial charge in [0.25, 0.3) is 0 Å². The monoisotopic (exact) mass is 678 g/mol. The third-order valence-electron chi connectivity index (χ3n) is 11.5. The molecule has 2 aromatic heterocycles. The number of nitrogens with zero attached hydrogens (tertiary/aromatic N) is 2. The molecule has 3 nitrogen and oxygen atoms in total. The van der Waals surface area contributed by atoms with Crippen molar-refractivity contribution in [1.29, 1.82) is 0 Å². The summed E-state index contributed by atoms with van der Waals surface area (Å²) in [4.78, 5) is 0. The van der Waals surface area contributed by atoms with Crippen molar-refractivity contribution in [3.05, 3.63) is 150 Å². The molecule has 0 bridgehead atoms. The fraction of sp³-hybridized carbons (Fsp3) is 0.224. The molecular formula is C49H46N2O. The fourth-order valence-corrected chi connectivity index (χ4v) is 9.23. The second-order valence-corrected chi connectivity index (χ2v) is 14.4. The normalized spacial score (nSPS) is 17.4. The van der Waals surface area contributed by atoms with Crippen LogP contribution in [-0.2, 0) is 5.41 Å². The molecule has 1 atom stereocenters. The molecule has 4 aliphatic rings. The summed E-state index contributed by atoms with van der Waals surface area (Å²) in [7, 11) is 0. The first-order valence-corrected chi connectivity index (χ1v) is 19.3. The van der Waals surface area contributed by atoms with Crippen LogP contribution in [0.3, 0.4) is 0 Å². The van der Waals surface area contributed by atoms with Crippen LogP contribution in [0.2, 0.25) is 0 Å². The second-order valence-electron chi connectivity index (χ2n) is 14.4. The lowest BCUT2D eigenvalue weighted by atomic mass is 9.81. The van der Waals surface area contributed by atoms with Gasteiger partial charge in [-0.05, 0) is 90.6 Å². The fourth-order valence-electron chi connectivity index (χ4n) is 9.23. The summed E-state index contributed by atoms with van der Waals surface area (Å²) in [5.74, 6) is 2.46. The summed E-state index contributed by atoms with van der Waals surface area (Å²) in [6.45, 7) is 12.8. The number of aromatic nitrogens is 2. The molecule has 0 amide bonds. The molecule has 3 heteroatoms. The van der Waals surface area contributed by atoms with E-state index in [2.05, 4.69) is 150 Å². The van der Waals surface area contributed by atoms with Crippen molar-refractivity contribution in [2.75, 3.05) is 0 Å². The lowest BCUT2D eigenvalue weighted by Crippen LogP contribution is -2.15. The van der Waals surface area contributed by atoms with Gasteiger partial charge in [-0.25, -0.2) is 0 Å². The van der Waals surface area contributed by atoms with Gasteiger partial charge in [0.2, 0.25) is 0 Å². The Kier molecular flexibility index (Phi) is 7.66. The van der Waals surface area contributed by atoms with Crippen LogP contribution in [0.1, 0.15) is 83.4 Å². The molecule has 0 fully saturated rings. The van der Waals surface area contributed by atoms with E-state index in [1.54, 1.807) is 0 Å². The average molecular weight is 679 g/mol. The molecule has 3 aliphatic carbocycles. The van der Waals surface area contributed by atoms with Gasteiger partial charge >= 0.3 is 0 Å². The smallest absolute Gasteiger partial charge is 0.139 e. The Morgan fingerprint density at radius 1 is 0.635 bits per heavy atom.